The molecule has 1 fully saturated rings. The fourth-order valence-electron chi connectivity index (χ4n) is 3.56. The van der Waals surface area contributed by atoms with Crippen LogP contribution in [0, 0.1) is 11.3 Å². The standard InChI is InChI=1S/C24H28N4O2S2/c1-4-18(12-17(14-25)15-30-16(2)3)23-26-27-24(32-23)21-7-5-6-20-13-19(21)8-9-22(20)28-31-11-10-29/h4-7,10,12,16,22,28H,8-9,11,13,15H2,1-3H3/b17-12-,18-4+. The number of nitrogens with one attached hydrogen (secondary N) is 1. The quantitative estimate of drug-likeness (QED) is 0.169. The zero-order valence-corrected chi connectivity index (χ0v) is 20.3. The van der Waals surface area contributed by atoms with E-state index in [1.807, 2.05) is 32.9 Å². The van der Waals surface area contributed by atoms with Crippen molar-refractivity contribution >= 4 is 40.7 Å². The molecule has 2 aliphatic carbocycles. The van der Waals surface area contributed by atoms with Gasteiger partial charge in [-0.1, -0.05) is 53.2 Å². The van der Waals surface area contributed by atoms with Crippen LogP contribution >= 0.6 is 23.3 Å². The predicted molar refractivity (Wildman–Crippen MR) is 132 cm³/mol. The fourth-order valence-corrected chi connectivity index (χ4v) is 5.16. The monoisotopic (exact) mass is 468 g/mol. The highest BCUT2D eigenvalue weighted by Crippen LogP contribution is 2.38. The van der Waals surface area contributed by atoms with Crippen molar-refractivity contribution in [1.29, 1.82) is 5.26 Å². The van der Waals surface area contributed by atoms with Crippen molar-refractivity contribution in [3.05, 3.63) is 57.1 Å². The first-order valence-corrected chi connectivity index (χ1v) is 12.5. The lowest BCUT2D eigenvalue weighted by atomic mass is 9.85. The van der Waals surface area contributed by atoms with E-state index < -0.39 is 0 Å². The van der Waals surface area contributed by atoms with Gasteiger partial charge in [0.2, 0.25) is 0 Å². The third kappa shape index (κ3) is 6.36. The second-order valence-corrected chi connectivity index (χ2v) is 9.61. The minimum absolute atomic E-state index is 0.0665. The molecule has 1 atom stereocenters. The maximum absolute atomic E-state index is 10.6. The topological polar surface area (TPSA) is 87.9 Å². The number of allylic oxidation sites excluding steroid dienone is 8. The predicted octanol–water partition coefficient (Wildman–Crippen LogP) is 5.06. The van der Waals surface area contributed by atoms with E-state index in [0.717, 1.165) is 46.7 Å². The van der Waals surface area contributed by atoms with Crippen LogP contribution in [0.1, 0.15) is 50.0 Å². The average Bonchev–Trinajstić information content (AvgIpc) is 3.20. The summed E-state index contributed by atoms with van der Waals surface area (Å²) in [5, 5.41) is 20.0. The number of ether oxygens (including phenoxy) is 1. The molecule has 3 rings (SSSR count). The molecule has 0 saturated heterocycles. The number of rotatable bonds is 10. The summed E-state index contributed by atoms with van der Waals surface area (Å²) in [6, 6.07) is 2.51. The molecule has 0 radical (unpaired) electrons. The van der Waals surface area contributed by atoms with Crippen LogP contribution in [0.5, 0.6) is 0 Å². The number of aldehydes is 1. The number of hydrogen-bond donors (Lipinski definition) is 1. The summed E-state index contributed by atoms with van der Waals surface area (Å²) < 4.78 is 8.99. The third-order valence-corrected chi connectivity index (χ3v) is 6.95. The summed E-state index contributed by atoms with van der Waals surface area (Å²) in [6.45, 7) is 6.12. The van der Waals surface area contributed by atoms with Gasteiger partial charge >= 0.3 is 0 Å². The zero-order chi connectivity index (χ0) is 22.9. The van der Waals surface area contributed by atoms with Gasteiger partial charge in [-0.25, -0.2) is 0 Å². The number of nitriles is 1. The highest BCUT2D eigenvalue weighted by Gasteiger charge is 2.25. The summed E-state index contributed by atoms with van der Waals surface area (Å²) in [6.07, 6.45) is 14.0. The third-order valence-electron chi connectivity index (χ3n) is 5.19. The first-order chi connectivity index (χ1) is 15.5. The summed E-state index contributed by atoms with van der Waals surface area (Å²) in [5.41, 5.74) is 5.28. The second kappa shape index (κ2) is 12.1. The average molecular weight is 469 g/mol. The van der Waals surface area contributed by atoms with Gasteiger partial charge in [0.25, 0.3) is 0 Å². The Hall–Kier alpha value is -2.31. The lowest BCUT2D eigenvalue weighted by molar-refractivity contribution is -0.105. The van der Waals surface area contributed by atoms with Crippen molar-refractivity contribution in [2.45, 2.75) is 52.2 Å². The van der Waals surface area contributed by atoms with E-state index in [2.05, 4.69) is 39.2 Å². The molecular weight excluding hydrogens is 440 g/mol. The van der Waals surface area contributed by atoms with E-state index >= 15 is 0 Å². The lowest BCUT2D eigenvalue weighted by Gasteiger charge is -2.27. The van der Waals surface area contributed by atoms with Gasteiger partial charge in [-0.15, -0.1) is 10.2 Å². The lowest BCUT2D eigenvalue weighted by Crippen LogP contribution is -2.29. The minimum atomic E-state index is 0.0665. The fraction of sp³-hybridized carbons (Fsp3) is 0.417. The Morgan fingerprint density at radius 2 is 2.31 bits per heavy atom. The first-order valence-electron chi connectivity index (χ1n) is 10.7. The molecule has 1 unspecified atom stereocenters. The van der Waals surface area contributed by atoms with Crippen LogP contribution in [0.4, 0.5) is 0 Å². The maximum Gasteiger partial charge on any atom is 0.148 e. The van der Waals surface area contributed by atoms with Crippen LogP contribution in [-0.4, -0.2) is 41.0 Å². The summed E-state index contributed by atoms with van der Waals surface area (Å²) in [5.74, 6) is 0.458. The molecule has 168 valence electrons. The number of nitrogens with zero attached hydrogens (tertiary/aromatic N) is 3. The number of aromatic nitrogens is 2. The van der Waals surface area contributed by atoms with E-state index in [0.29, 0.717) is 11.3 Å². The highest BCUT2D eigenvalue weighted by molar-refractivity contribution is 7.98. The van der Waals surface area contributed by atoms with Gasteiger partial charge in [0.1, 0.15) is 16.3 Å². The molecule has 0 aromatic carbocycles. The largest absolute Gasteiger partial charge is 0.373 e. The zero-order valence-electron chi connectivity index (χ0n) is 18.6. The van der Waals surface area contributed by atoms with E-state index in [1.165, 1.54) is 23.1 Å². The van der Waals surface area contributed by atoms with Gasteiger partial charge in [0, 0.05) is 17.2 Å². The van der Waals surface area contributed by atoms with Crippen molar-refractivity contribution in [2.75, 3.05) is 12.4 Å². The molecule has 0 amide bonds. The Kier molecular flexibility index (Phi) is 9.18. The first kappa shape index (κ1) is 24.3. The van der Waals surface area contributed by atoms with Gasteiger partial charge in [-0.2, -0.15) is 5.26 Å². The SMILES string of the molecule is C/C=C(\C=C(\C#N)COC(C)C)c1nnc(C2=C3CCC(NSCC=O)C(=CC=C2)C3)s1. The van der Waals surface area contributed by atoms with Crippen LogP contribution < -0.4 is 4.72 Å². The maximum atomic E-state index is 10.6. The van der Waals surface area contributed by atoms with Gasteiger partial charge in [-0.05, 0) is 51.7 Å². The van der Waals surface area contributed by atoms with Crippen molar-refractivity contribution in [1.82, 2.24) is 14.9 Å². The molecule has 1 heterocycles. The van der Waals surface area contributed by atoms with E-state index in [9.17, 15) is 10.1 Å². The Bertz CT molecular complexity index is 1030. The Balaban J connectivity index is 1.77. The smallest absolute Gasteiger partial charge is 0.148 e. The van der Waals surface area contributed by atoms with Gasteiger partial charge in [0.05, 0.1) is 30.1 Å². The molecule has 1 aromatic heterocycles. The van der Waals surface area contributed by atoms with E-state index in [4.69, 9.17) is 4.74 Å². The van der Waals surface area contributed by atoms with Crippen LogP contribution in [-0.2, 0) is 9.53 Å². The minimum Gasteiger partial charge on any atom is -0.373 e. The van der Waals surface area contributed by atoms with Crippen LogP contribution in [0.3, 0.4) is 0 Å². The van der Waals surface area contributed by atoms with Crippen molar-refractivity contribution < 1.29 is 9.53 Å². The Morgan fingerprint density at radius 1 is 1.47 bits per heavy atom. The van der Waals surface area contributed by atoms with Crippen molar-refractivity contribution in [2.24, 2.45) is 0 Å². The molecule has 6 nitrogen and oxygen atoms in total. The Labute approximate surface area is 198 Å². The van der Waals surface area contributed by atoms with Gasteiger partial charge in [0.15, 0.2) is 0 Å². The molecule has 0 aliphatic heterocycles. The van der Waals surface area contributed by atoms with Crippen molar-refractivity contribution in [3.63, 3.8) is 0 Å². The van der Waals surface area contributed by atoms with Gasteiger partial charge < -0.3 is 9.53 Å². The highest BCUT2D eigenvalue weighted by atomic mass is 32.2. The van der Waals surface area contributed by atoms with Crippen molar-refractivity contribution in [3.8, 4) is 6.07 Å². The summed E-state index contributed by atoms with van der Waals surface area (Å²) in [4.78, 5) is 10.6. The van der Waals surface area contributed by atoms with E-state index in [-0.39, 0.29) is 18.8 Å². The molecular formula is C24H28N4O2S2. The number of carbonyl (C=O) groups excluding carboxylic acids is 1. The molecule has 32 heavy (non-hydrogen) atoms. The number of hydrogen-bond acceptors (Lipinski definition) is 8. The van der Waals surface area contributed by atoms with Crippen LogP contribution in [0.2, 0.25) is 0 Å². The molecule has 8 heteroatoms. The molecule has 2 bridgehead atoms. The Morgan fingerprint density at radius 3 is 3.03 bits per heavy atom. The molecule has 1 aromatic rings. The molecule has 2 aliphatic rings. The van der Waals surface area contributed by atoms with Crippen LogP contribution in [0.15, 0.2) is 47.1 Å². The number of carbonyl (C=O) groups is 1. The number of fused-ring (bicyclic) bond motifs is 2. The van der Waals surface area contributed by atoms with Crippen LogP contribution in [0.25, 0.3) is 11.1 Å². The molecule has 0 spiro atoms. The summed E-state index contributed by atoms with van der Waals surface area (Å²) in [7, 11) is 0. The van der Waals surface area contributed by atoms with E-state index in [1.54, 1.807) is 11.3 Å². The normalized spacial score (nSPS) is 19.1. The molecule has 1 N–H and O–H groups in total. The summed E-state index contributed by atoms with van der Waals surface area (Å²) >= 11 is 3.01. The molecule has 1 saturated carbocycles. The second-order valence-electron chi connectivity index (χ2n) is 7.78. The van der Waals surface area contributed by atoms with Gasteiger partial charge in [-0.3, -0.25) is 4.72 Å².